The van der Waals surface area contributed by atoms with Gasteiger partial charge in [0.25, 0.3) is 5.91 Å². The van der Waals surface area contributed by atoms with Gasteiger partial charge in [-0.15, -0.1) is 10.2 Å². The Bertz CT molecular complexity index is 1160. The molecular weight excluding hydrogens is 461 g/mol. The van der Waals surface area contributed by atoms with E-state index in [1.807, 2.05) is 24.3 Å². The average Bonchev–Trinajstić information content (AvgIpc) is 3.31. The fourth-order valence-corrected chi connectivity index (χ4v) is 4.26. The third-order valence-corrected chi connectivity index (χ3v) is 6.21. The average molecular weight is 489 g/mol. The van der Waals surface area contributed by atoms with Crippen LogP contribution in [0.25, 0.3) is 5.82 Å². The summed E-state index contributed by atoms with van der Waals surface area (Å²) in [5.74, 6) is -0.908. The molecule has 186 valence electrons. The van der Waals surface area contributed by atoms with E-state index in [1.165, 1.54) is 25.7 Å². The van der Waals surface area contributed by atoms with Crippen molar-refractivity contribution in [2.24, 2.45) is 0 Å². The van der Waals surface area contributed by atoms with Crippen LogP contribution in [0.4, 0.5) is 13.2 Å². The highest BCUT2D eigenvalue weighted by Crippen LogP contribution is 2.33. The number of methoxy groups -OCH3 is 1. The second-order valence-corrected chi connectivity index (χ2v) is 8.52. The first-order valence-corrected chi connectivity index (χ1v) is 11.4. The number of halogens is 3. The van der Waals surface area contributed by atoms with Gasteiger partial charge in [0.1, 0.15) is 0 Å². The summed E-state index contributed by atoms with van der Waals surface area (Å²) < 4.78 is 47.3. The van der Waals surface area contributed by atoms with E-state index in [4.69, 9.17) is 4.74 Å². The first-order chi connectivity index (χ1) is 16.8. The van der Waals surface area contributed by atoms with Gasteiger partial charge in [-0.1, -0.05) is 30.7 Å². The molecule has 11 heteroatoms. The summed E-state index contributed by atoms with van der Waals surface area (Å²) in [4.78, 5) is 15.2. The molecule has 1 N–H and O–H groups in total. The molecule has 1 aromatic carbocycles. The minimum Gasteiger partial charge on any atom is -0.480 e. The van der Waals surface area contributed by atoms with Crippen LogP contribution < -0.4 is 10.1 Å². The largest absolute Gasteiger partial charge is 0.480 e. The molecule has 0 radical (unpaired) electrons. The van der Waals surface area contributed by atoms with Gasteiger partial charge in [0.15, 0.2) is 11.5 Å². The number of hydrogen-bond donors (Lipinski definition) is 1. The van der Waals surface area contributed by atoms with E-state index in [0.717, 1.165) is 43.3 Å². The number of hydrogen-bond acceptors (Lipinski definition) is 6. The Morgan fingerprint density at radius 2 is 1.91 bits per heavy atom. The molecule has 0 bridgehead atoms. The number of alkyl halides is 3. The molecule has 3 heterocycles. The quantitative estimate of drug-likeness (QED) is 0.541. The van der Waals surface area contributed by atoms with E-state index in [9.17, 15) is 18.0 Å². The summed E-state index contributed by atoms with van der Waals surface area (Å²) in [7, 11) is 1.37. The van der Waals surface area contributed by atoms with E-state index in [-0.39, 0.29) is 18.2 Å². The second kappa shape index (κ2) is 10.4. The van der Waals surface area contributed by atoms with Gasteiger partial charge in [-0.05, 0) is 43.5 Å². The van der Waals surface area contributed by atoms with Crippen LogP contribution in [0.5, 0.6) is 5.88 Å². The summed E-state index contributed by atoms with van der Waals surface area (Å²) in [6.45, 7) is 4.04. The lowest BCUT2D eigenvalue weighted by atomic mass is 10.0. The number of piperidine rings is 1. The molecule has 3 aromatic rings. The van der Waals surface area contributed by atoms with Crippen molar-refractivity contribution in [3.8, 4) is 11.7 Å². The van der Waals surface area contributed by atoms with Crippen LogP contribution >= 0.6 is 0 Å². The maximum atomic E-state index is 13.9. The number of nitrogens with zero attached hydrogens (tertiary/aromatic N) is 5. The Kier molecular flexibility index (Phi) is 7.34. The summed E-state index contributed by atoms with van der Waals surface area (Å²) in [6.07, 6.45) is -0.446. The van der Waals surface area contributed by atoms with Gasteiger partial charge < -0.3 is 10.1 Å². The number of carbonyl (C=O) groups is 1. The highest BCUT2D eigenvalue weighted by molar-refractivity contribution is 5.95. The SMILES string of the molecule is COc1ccc(-n2ncc(C(=O)NCc3ccccc3CN3CCCCC3C)c2C(F)(F)F)nn1. The number of nitrogens with one attached hydrogen (secondary N) is 1. The molecule has 35 heavy (non-hydrogen) atoms. The Hall–Kier alpha value is -3.47. The fraction of sp³-hybridized carbons (Fsp3) is 0.417. The number of rotatable bonds is 7. The van der Waals surface area contributed by atoms with Crippen molar-refractivity contribution in [3.05, 3.63) is 65.0 Å². The Balaban J connectivity index is 1.53. The number of amides is 1. The van der Waals surface area contributed by atoms with Crippen molar-refractivity contribution in [3.63, 3.8) is 0 Å². The summed E-state index contributed by atoms with van der Waals surface area (Å²) in [6, 6.07) is 10.8. The topological polar surface area (TPSA) is 85.2 Å². The molecule has 1 atom stereocenters. The second-order valence-electron chi connectivity index (χ2n) is 8.52. The fourth-order valence-electron chi connectivity index (χ4n) is 4.26. The van der Waals surface area contributed by atoms with E-state index >= 15 is 0 Å². The normalized spacial score (nSPS) is 16.8. The van der Waals surface area contributed by atoms with Crippen LogP contribution in [-0.4, -0.2) is 50.5 Å². The molecule has 0 spiro atoms. The van der Waals surface area contributed by atoms with Crippen molar-refractivity contribution in [2.75, 3.05) is 13.7 Å². The van der Waals surface area contributed by atoms with Crippen molar-refractivity contribution in [2.45, 2.75) is 51.5 Å². The van der Waals surface area contributed by atoms with Gasteiger partial charge in [0, 0.05) is 25.2 Å². The molecule has 1 aliphatic rings. The van der Waals surface area contributed by atoms with Gasteiger partial charge in [-0.3, -0.25) is 9.69 Å². The van der Waals surface area contributed by atoms with Gasteiger partial charge in [-0.2, -0.15) is 18.3 Å². The van der Waals surface area contributed by atoms with E-state index in [1.54, 1.807) is 0 Å². The smallest absolute Gasteiger partial charge is 0.434 e. The van der Waals surface area contributed by atoms with Crippen LogP contribution in [0.1, 0.15) is 53.4 Å². The van der Waals surface area contributed by atoms with Gasteiger partial charge >= 0.3 is 6.18 Å². The highest BCUT2D eigenvalue weighted by Gasteiger charge is 2.41. The van der Waals surface area contributed by atoms with Crippen molar-refractivity contribution in [1.82, 2.24) is 30.2 Å². The van der Waals surface area contributed by atoms with Crippen molar-refractivity contribution < 1.29 is 22.7 Å². The molecular formula is C24H27F3N6O2. The van der Waals surface area contributed by atoms with Gasteiger partial charge in [0.05, 0.1) is 18.9 Å². The Morgan fingerprint density at radius 3 is 2.57 bits per heavy atom. The van der Waals surface area contributed by atoms with Crippen LogP contribution in [0.3, 0.4) is 0 Å². The maximum Gasteiger partial charge on any atom is 0.434 e. The van der Waals surface area contributed by atoms with Crippen molar-refractivity contribution >= 4 is 5.91 Å². The zero-order valence-corrected chi connectivity index (χ0v) is 19.5. The summed E-state index contributed by atoms with van der Waals surface area (Å²) >= 11 is 0. The molecule has 4 rings (SSSR count). The number of likely N-dealkylation sites (tertiary alicyclic amines) is 1. The third kappa shape index (κ3) is 5.61. The minimum absolute atomic E-state index is 0.0993. The summed E-state index contributed by atoms with van der Waals surface area (Å²) in [5, 5.41) is 13.8. The monoisotopic (exact) mass is 488 g/mol. The zero-order valence-electron chi connectivity index (χ0n) is 19.5. The molecule has 1 aliphatic heterocycles. The lowest BCUT2D eigenvalue weighted by Crippen LogP contribution is -2.37. The zero-order chi connectivity index (χ0) is 25.0. The number of ether oxygens (including phenoxy) is 1. The predicted molar refractivity (Wildman–Crippen MR) is 122 cm³/mol. The van der Waals surface area contributed by atoms with E-state index in [2.05, 4.69) is 32.4 Å². The highest BCUT2D eigenvalue weighted by atomic mass is 19.4. The van der Waals surface area contributed by atoms with Crippen LogP contribution in [0, 0.1) is 0 Å². The number of benzene rings is 1. The molecule has 1 saturated heterocycles. The van der Waals surface area contributed by atoms with Crippen LogP contribution in [-0.2, 0) is 19.3 Å². The molecule has 8 nitrogen and oxygen atoms in total. The molecule has 0 saturated carbocycles. The number of carbonyl (C=O) groups excluding carboxylic acids is 1. The maximum absolute atomic E-state index is 13.9. The minimum atomic E-state index is -4.84. The van der Waals surface area contributed by atoms with Crippen molar-refractivity contribution in [1.29, 1.82) is 0 Å². The molecule has 1 fully saturated rings. The van der Waals surface area contributed by atoms with Gasteiger partial charge in [0.2, 0.25) is 5.88 Å². The molecule has 0 aliphatic carbocycles. The first-order valence-electron chi connectivity index (χ1n) is 11.4. The first kappa shape index (κ1) is 24.6. The lowest BCUT2D eigenvalue weighted by Gasteiger charge is -2.33. The lowest BCUT2D eigenvalue weighted by molar-refractivity contribution is -0.143. The standard InChI is InChI=1S/C24H27F3N6O2/c1-16-7-5-6-12-32(16)15-18-9-4-3-8-17(18)13-28-23(34)19-14-29-33(22(19)24(25,26)27)20-10-11-21(35-2)31-30-20/h3-4,8-11,14,16H,5-7,12-13,15H2,1-2H3,(H,28,34). The Morgan fingerprint density at radius 1 is 1.14 bits per heavy atom. The molecule has 1 unspecified atom stereocenters. The van der Waals surface area contributed by atoms with E-state index < -0.39 is 23.3 Å². The molecule has 2 aromatic heterocycles. The number of aromatic nitrogens is 4. The van der Waals surface area contributed by atoms with Crippen LogP contribution in [0.15, 0.2) is 42.6 Å². The van der Waals surface area contributed by atoms with E-state index in [0.29, 0.717) is 10.7 Å². The van der Waals surface area contributed by atoms with Crippen LogP contribution in [0.2, 0.25) is 0 Å². The van der Waals surface area contributed by atoms with Gasteiger partial charge in [-0.25, -0.2) is 4.68 Å². The Labute approximate surface area is 201 Å². The summed E-state index contributed by atoms with van der Waals surface area (Å²) in [5.41, 5.74) is 0.101. The predicted octanol–water partition coefficient (Wildman–Crippen LogP) is 3.99. The molecule has 1 amide bonds. The third-order valence-electron chi connectivity index (χ3n) is 6.21.